The van der Waals surface area contributed by atoms with E-state index in [0.717, 1.165) is 22.9 Å². The molecule has 0 unspecified atom stereocenters. The lowest BCUT2D eigenvalue weighted by Gasteiger charge is -2.20. The first-order valence-electron chi connectivity index (χ1n) is 8.42. The molecule has 4 heteroatoms. The predicted molar refractivity (Wildman–Crippen MR) is 99.9 cm³/mol. The van der Waals surface area contributed by atoms with Gasteiger partial charge in [-0.15, -0.1) is 0 Å². The Hall–Kier alpha value is -3.14. The van der Waals surface area contributed by atoms with Crippen LogP contribution in [-0.4, -0.2) is 18.4 Å². The zero-order chi connectivity index (χ0) is 17.2. The van der Waals surface area contributed by atoms with Crippen molar-refractivity contribution in [2.45, 2.75) is 12.8 Å². The molecular formula is C21H18N2O2. The Morgan fingerprint density at radius 3 is 2.52 bits per heavy atom. The molecule has 4 nitrogen and oxygen atoms in total. The zero-order valence-electron chi connectivity index (χ0n) is 13.7. The average molecular weight is 330 g/mol. The van der Waals surface area contributed by atoms with Gasteiger partial charge in [-0.05, 0) is 35.4 Å². The van der Waals surface area contributed by atoms with E-state index in [-0.39, 0.29) is 11.8 Å². The number of rotatable bonds is 3. The quantitative estimate of drug-likeness (QED) is 0.782. The Labute approximate surface area is 146 Å². The standard InChI is InChI=1S/C21H18N2O2/c24-20-13-6-14-23(20)19-12-4-3-11-18(19)22-21(25)17-10-5-8-15-7-1-2-9-16(15)17/h1-5,7-12H,6,13-14H2,(H,22,25). The molecular weight excluding hydrogens is 312 g/mol. The van der Waals surface area contributed by atoms with Gasteiger partial charge in [-0.3, -0.25) is 9.59 Å². The molecule has 0 aliphatic carbocycles. The lowest BCUT2D eigenvalue weighted by molar-refractivity contribution is -0.117. The second-order valence-electron chi connectivity index (χ2n) is 6.15. The average Bonchev–Trinajstić information content (AvgIpc) is 3.07. The molecule has 1 heterocycles. The number of amides is 2. The smallest absolute Gasteiger partial charge is 0.256 e. The van der Waals surface area contributed by atoms with Gasteiger partial charge in [-0.25, -0.2) is 0 Å². The Kier molecular flexibility index (Phi) is 3.94. The summed E-state index contributed by atoms with van der Waals surface area (Å²) in [4.78, 5) is 26.7. The molecule has 4 rings (SSSR count). The van der Waals surface area contributed by atoms with Crippen LogP contribution < -0.4 is 10.2 Å². The number of hydrogen-bond acceptors (Lipinski definition) is 2. The van der Waals surface area contributed by atoms with Gasteiger partial charge in [0, 0.05) is 18.5 Å². The number of hydrogen-bond donors (Lipinski definition) is 1. The van der Waals surface area contributed by atoms with Gasteiger partial charge in [0.2, 0.25) is 5.91 Å². The van der Waals surface area contributed by atoms with Crippen molar-refractivity contribution in [2.75, 3.05) is 16.8 Å². The number of carbonyl (C=O) groups is 2. The van der Waals surface area contributed by atoms with Crippen LogP contribution in [0.1, 0.15) is 23.2 Å². The third-order valence-corrected chi connectivity index (χ3v) is 4.55. The monoisotopic (exact) mass is 330 g/mol. The Bertz CT molecular complexity index is 960. The van der Waals surface area contributed by atoms with Crippen molar-refractivity contribution < 1.29 is 9.59 Å². The number of para-hydroxylation sites is 2. The van der Waals surface area contributed by atoms with Gasteiger partial charge in [0.25, 0.3) is 5.91 Å². The fourth-order valence-electron chi connectivity index (χ4n) is 3.33. The molecule has 3 aromatic rings. The van der Waals surface area contributed by atoms with Crippen LogP contribution >= 0.6 is 0 Å². The normalized spacial score (nSPS) is 14.1. The molecule has 1 saturated heterocycles. The van der Waals surface area contributed by atoms with Gasteiger partial charge < -0.3 is 10.2 Å². The molecule has 1 N–H and O–H groups in total. The van der Waals surface area contributed by atoms with Crippen molar-refractivity contribution >= 4 is 34.0 Å². The molecule has 2 amide bonds. The third kappa shape index (κ3) is 2.87. The molecule has 3 aromatic carbocycles. The van der Waals surface area contributed by atoms with E-state index in [2.05, 4.69) is 5.32 Å². The molecule has 1 aliphatic heterocycles. The molecule has 0 aromatic heterocycles. The minimum absolute atomic E-state index is 0.104. The number of anilines is 2. The minimum Gasteiger partial charge on any atom is -0.320 e. The highest BCUT2D eigenvalue weighted by Crippen LogP contribution is 2.30. The van der Waals surface area contributed by atoms with Crippen LogP contribution in [0.4, 0.5) is 11.4 Å². The van der Waals surface area contributed by atoms with E-state index in [1.54, 1.807) is 4.90 Å². The maximum atomic E-state index is 12.9. The molecule has 0 atom stereocenters. The maximum absolute atomic E-state index is 12.9. The highest BCUT2D eigenvalue weighted by Gasteiger charge is 2.24. The first-order valence-corrected chi connectivity index (χ1v) is 8.42. The topological polar surface area (TPSA) is 49.4 Å². The van der Waals surface area contributed by atoms with Crippen molar-refractivity contribution in [3.63, 3.8) is 0 Å². The molecule has 25 heavy (non-hydrogen) atoms. The molecule has 0 spiro atoms. The summed E-state index contributed by atoms with van der Waals surface area (Å²) in [5.74, 6) is -0.0669. The summed E-state index contributed by atoms with van der Waals surface area (Å²) in [7, 11) is 0. The van der Waals surface area contributed by atoms with E-state index in [1.165, 1.54) is 0 Å². The van der Waals surface area contributed by atoms with Crippen LogP contribution in [0.15, 0.2) is 66.7 Å². The van der Waals surface area contributed by atoms with Crippen molar-refractivity contribution in [1.29, 1.82) is 0 Å². The first kappa shape index (κ1) is 15.4. The predicted octanol–water partition coefficient (Wildman–Crippen LogP) is 4.22. The fourth-order valence-corrected chi connectivity index (χ4v) is 3.33. The van der Waals surface area contributed by atoms with Crippen molar-refractivity contribution in [3.05, 3.63) is 72.3 Å². The molecule has 124 valence electrons. The van der Waals surface area contributed by atoms with E-state index in [9.17, 15) is 9.59 Å². The van der Waals surface area contributed by atoms with Crippen LogP contribution in [-0.2, 0) is 4.79 Å². The summed E-state index contributed by atoms with van der Waals surface area (Å²) in [6, 6.07) is 21.0. The van der Waals surface area contributed by atoms with Gasteiger partial charge in [-0.1, -0.05) is 48.5 Å². The molecule has 1 fully saturated rings. The lowest BCUT2D eigenvalue weighted by Crippen LogP contribution is -2.25. The van der Waals surface area contributed by atoms with Gasteiger partial charge in [0.05, 0.1) is 11.4 Å². The van der Waals surface area contributed by atoms with Crippen LogP contribution in [0.25, 0.3) is 10.8 Å². The molecule has 0 saturated carbocycles. The van der Waals surface area contributed by atoms with E-state index in [0.29, 0.717) is 24.2 Å². The highest BCUT2D eigenvalue weighted by molar-refractivity contribution is 6.14. The second kappa shape index (κ2) is 6.40. The summed E-state index contributed by atoms with van der Waals surface area (Å²) in [5, 5.41) is 4.92. The fraction of sp³-hybridized carbons (Fsp3) is 0.143. The van der Waals surface area contributed by atoms with Gasteiger partial charge in [0.1, 0.15) is 0 Å². The van der Waals surface area contributed by atoms with E-state index in [4.69, 9.17) is 0 Å². The number of nitrogens with zero attached hydrogens (tertiary/aromatic N) is 1. The highest BCUT2D eigenvalue weighted by atomic mass is 16.2. The minimum atomic E-state index is -0.170. The first-order chi connectivity index (χ1) is 12.2. The lowest BCUT2D eigenvalue weighted by atomic mass is 10.0. The van der Waals surface area contributed by atoms with E-state index >= 15 is 0 Å². The van der Waals surface area contributed by atoms with Crippen LogP contribution in [0, 0.1) is 0 Å². The van der Waals surface area contributed by atoms with E-state index < -0.39 is 0 Å². The number of nitrogens with one attached hydrogen (secondary N) is 1. The SMILES string of the molecule is O=C(Nc1ccccc1N1CCCC1=O)c1cccc2ccccc12. The molecule has 0 radical (unpaired) electrons. The van der Waals surface area contributed by atoms with Gasteiger partial charge in [0.15, 0.2) is 0 Å². The van der Waals surface area contributed by atoms with Crippen LogP contribution in [0.3, 0.4) is 0 Å². The van der Waals surface area contributed by atoms with Gasteiger partial charge >= 0.3 is 0 Å². The summed E-state index contributed by atoms with van der Waals surface area (Å²) >= 11 is 0. The Morgan fingerprint density at radius 2 is 1.68 bits per heavy atom. The van der Waals surface area contributed by atoms with Crippen LogP contribution in [0.5, 0.6) is 0 Å². The number of fused-ring (bicyclic) bond motifs is 1. The Balaban J connectivity index is 1.68. The van der Waals surface area contributed by atoms with E-state index in [1.807, 2.05) is 66.7 Å². The zero-order valence-corrected chi connectivity index (χ0v) is 13.7. The molecule has 0 bridgehead atoms. The summed E-state index contributed by atoms with van der Waals surface area (Å²) in [6.07, 6.45) is 1.41. The van der Waals surface area contributed by atoms with Crippen molar-refractivity contribution in [1.82, 2.24) is 0 Å². The van der Waals surface area contributed by atoms with Crippen molar-refractivity contribution in [3.8, 4) is 0 Å². The summed E-state index contributed by atoms with van der Waals surface area (Å²) in [5.41, 5.74) is 2.05. The second-order valence-corrected chi connectivity index (χ2v) is 6.15. The Morgan fingerprint density at radius 1 is 0.920 bits per heavy atom. The van der Waals surface area contributed by atoms with Crippen molar-refractivity contribution in [2.24, 2.45) is 0 Å². The van der Waals surface area contributed by atoms with Gasteiger partial charge in [-0.2, -0.15) is 0 Å². The number of carbonyl (C=O) groups excluding carboxylic acids is 2. The summed E-state index contributed by atoms with van der Waals surface area (Å²) < 4.78 is 0. The number of benzene rings is 3. The molecule has 1 aliphatic rings. The summed E-state index contributed by atoms with van der Waals surface area (Å²) in [6.45, 7) is 0.694. The van der Waals surface area contributed by atoms with Crippen LogP contribution in [0.2, 0.25) is 0 Å². The maximum Gasteiger partial charge on any atom is 0.256 e. The largest absolute Gasteiger partial charge is 0.320 e. The third-order valence-electron chi connectivity index (χ3n) is 4.55.